The maximum atomic E-state index is 12.1. The first-order valence-electron chi connectivity index (χ1n) is 8.06. The van der Waals surface area contributed by atoms with Gasteiger partial charge in [0.2, 0.25) is 0 Å². The van der Waals surface area contributed by atoms with E-state index in [0.717, 1.165) is 12.0 Å². The Morgan fingerprint density at radius 1 is 1.00 bits per heavy atom. The average molecular weight is 336 g/mol. The second kappa shape index (κ2) is 7.66. The van der Waals surface area contributed by atoms with E-state index < -0.39 is 0 Å². The second-order valence-corrected chi connectivity index (χ2v) is 5.64. The van der Waals surface area contributed by atoms with Gasteiger partial charge in [-0.2, -0.15) is 0 Å². The van der Waals surface area contributed by atoms with Crippen LogP contribution in [0.4, 0.5) is 0 Å². The summed E-state index contributed by atoms with van der Waals surface area (Å²) in [4.78, 5) is 16.6. The molecule has 5 nitrogen and oxygen atoms in total. The van der Waals surface area contributed by atoms with Crippen molar-refractivity contribution in [3.8, 4) is 11.5 Å². The van der Waals surface area contributed by atoms with Crippen LogP contribution in [0.2, 0.25) is 0 Å². The monoisotopic (exact) mass is 336 g/mol. The van der Waals surface area contributed by atoms with Crippen LogP contribution >= 0.6 is 0 Å². The first kappa shape index (κ1) is 16.8. The lowest BCUT2D eigenvalue weighted by atomic mass is 10.1. The molecule has 0 atom stereocenters. The predicted molar refractivity (Wildman–Crippen MR) is 97.9 cm³/mol. The molecular formula is C20H20N2O3. The number of amidine groups is 1. The molecular weight excluding hydrogens is 316 g/mol. The largest absolute Gasteiger partial charge is 0.493 e. The maximum absolute atomic E-state index is 12.1. The van der Waals surface area contributed by atoms with Gasteiger partial charge in [0.05, 0.1) is 14.2 Å². The Kier molecular flexibility index (Phi) is 5.14. The summed E-state index contributed by atoms with van der Waals surface area (Å²) in [5.41, 5.74) is 2.45. The Hall–Kier alpha value is -3.08. The number of methoxy groups -OCH3 is 2. The minimum atomic E-state index is -0.183. The van der Waals surface area contributed by atoms with Crippen LogP contribution in [0.3, 0.4) is 0 Å². The van der Waals surface area contributed by atoms with E-state index in [2.05, 4.69) is 22.4 Å². The first-order chi connectivity index (χ1) is 12.2. The number of carbonyl (C=O) groups excluding carboxylic acids is 1. The number of hydrogen-bond donors (Lipinski definition) is 1. The quantitative estimate of drug-likeness (QED) is 0.824. The molecule has 1 amide bonds. The lowest BCUT2D eigenvalue weighted by Crippen LogP contribution is -2.24. The summed E-state index contributed by atoms with van der Waals surface area (Å²) < 4.78 is 10.5. The summed E-state index contributed by atoms with van der Waals surface area (Å²) in [5.74, 6) is 1.77. The Morgan fingerprint density at radius 3 is 2.48 bits per heavy atom. The van der Waals surface area contributed by atoms with Crippen molar-refractivity contribution in [3.63, 3.8) is 0 Å². The standard InChI is InChI=1S/C20H20N2O3/c1-24-17-10-8-15(13-18(17)25-2)12-16-20(23)22-19(21-16)11-9-14-6-4-3-5-7-14/h3-8,10,12-13H,9,11H2,1-2H3,(H,21,22,23)/b16-12+. The summed E-state index contributed by atoms with van der Waals surface area (Å²) >= 11 is 0. The van der Waals surface area contributed by atoms with Crippen molar-refractivity contribution in [1.29, 1.82) is 0 Å². The molecule has 1 N–H and O–H groups in total. The van der Waals surface area contributed by atoms with Gasteiger partial charge in [-0.1, -0.05) is 36.4 Å². The van der Waals surface area contributed by atoms with Gasteiger partial charge in [-0.05, 0) is 35.8 Å². The number of aryl methyl sites for hydroxylation is 1. The van der Waals surface area contributed by atoms with Crippen molar-refractivity contribution in [3.05, 3.63) is 65.4 Å². The van der Waals surface area contributed by atoms with Gasteiger partial charge in [-0.3, -0.25) is 4.79 Å². The molecule has 25 heavy (non-hydrogen) atoms. The molecule has 0 bridgehead atoms. The van der Waals surface area contributed by atoms with Crippen molar-refractivity contribution in [2.24, 2.45) is 4.99 Å². The van der Waals surface area contributed by atoms with Gasteiger partial charge in [-0.25, -0.2) is 4.99 Å². The normalized spacial score (nSPS) is 15.0. The van der Waals surface area contributed by atoms with Crippen LogP contribution in [-0.2, 0) is 11.2 Å². The summed E-state index contributed by atoms with van der Waals surface area (Å²) in [5, 5.41) is 2.83. The van der Waals surface area contributed by atoms with E-state index >= 15 is 0 Å². The zero-order chi connectivity index (χ0) is 17.6. The molecule has 0 aliphatic carbocycles. The topological polar surface area (TPSA) is 59.9 Å². The van der Waals surface area contributed by atoms with Gasteiger partial charge in [-0.15, -0.1) is 0 Å². The highest BCUT2D eigenvalue weighted by Crippen LogP contribution is 2.28. The van der Waals surface area contributed by atoms with Crippen molar-refractivity contribution in [1.82, 2.24) is 5.32 Å². The minimum Gasteiger partial charge on any atom is -0.493 e. The molecule has 0 unspecified atom stereocenters. The van der Waals surface area contributed by atoms with Crippen LogP contribution in [0.1, 0.15) is 17.5 Å². The highest BCUT2D eigenvalue weighted by Gasteiger charge is 2.19. The molecule has 1 aliphatic heterocycles. The zero-order valence-electron chi connectivity index (χ0n) is 14.3. The number of benzene rings is 2. The number of nitrogens with zero attached hydrogens (tertiary/aromatic N) is 1. The van der Waals surface area contributed by atoms with E-state index in [4.69, 9.17) is 9.47 Å². The lowest BCUT2D eigenvalue weighted by Gasteiger charge is -2.07. The van der Waals surface area contributed by atoms with E-state index in [1.165, 1.54) is 5.56 Å². The fraction of sp³-hybridized carbons (Fsp3) is 0.200. The molecule has 0 aromatic heterocycles. The number of amides is 1. The van der Waals surface area contributed by atoms with Crippen molar-refractivity contribution < 1.29 is 14.3 Å². The Balaban J connectivity index is 1.74. The SMILES string of the molecule is COc1ccc(/C=C2/N=C(CCc3ccccc3)NC2=O)cc1OC. The molecule has 2 aromatic carbocycles. The number of ether oxygens (including phenoxy) is 2. The van der Waals surface area contributed by atoms with Crippen LogP contribution in [-0.4, -0.2) is 26.0 Å². The van der Waals surface area contributed by atoms with Crippen LogP contribution < -0.4 is 14.8 Å². The molecule has 0 saturated carbocycles. The number of hydrogen-bond acceptors (Lipinski definition) is 4. The second-order valence-electron chi connectivity index (χ2n) is 5.64. The summed E-state index contributed by atoms with van der Waals surface area (Å²) in [7, 11) is 3.17. The Morgan fingerprint density at radius 2 is 1.76 bits per heavy atom. The molecule has 128 valence electrons. The molecule has 1 aliphatic rings. The summed E-state index contributed by atoms with van der Waals surface area (Å²) in [6.45, 7) is 0. The van der Waals surface area contributed by atoms with E-state index in [1.54, 1.807) is 26.4 Å². The fourth-order valence-corrected chi connectivity index (χ4v) is 2.64. The van der Waals surface area contributed by atoms with Crippen molar-refractivity contribution in [2.45, 2.75) is 12.8 Å². The van der Waals surface area contributed by atoms with E-state index in [0.29, 0.717) is 29.5 Å². The summed E-state index contributed by atoms with van der Waals surface area (Å²) in [6.07, 6.45) is 3.27. The van der Waals surface area contributed by atoms with Gasteiger partial charge >= 0.3 is 0 Å². The molecule has 2 aromatic rings. The smallest absolute Gasteiger partial charge is 0.275 e. The lowest BCUT2D eigenvalue weighted by molar-refractivity contribution is -0.115. The van der Waals surface area contributed by atoms with Crippen molar-refractivity contribution in [2.75, 3.05) is 14.2 Å². The van der Waals surface area contributed by atoms with E-state index in [9.17, 15) is 4.79 Å². The third-order valence-corrected chi connectivity index (χ3v) is 3.95. The summed E-state index contributed by atoms with van der Waals surface area (Å²) in [6, 6.07) is 15.6. The predicted octanol–water partition coefficient (Wildman–Crippen LogP) is 3.21. The molecule has 0 radical (unpaired) electrons. The zero-order valence-corrected chi connectivity index (χ0v) is 14.3. The highest BCUT2D eigenvalue weighted by molar-refractivity contribution is 6.14. The fourth-order valence-electron chi connectivity index (χ4n) is 2.64. The van der Waals surface area contributed by atoms with Gasteiger partial charge < -0.3 is 14.8 Å². The number of aliphatic imine (C=N–C) groups is 1. The van der Waals surface area contributed by atoms with Crippen LogP contribution in [0.25, 0.3) is 6.08 Å². The minimum absolute atomic E-state index is 0.183. The van der Waals surface area contributed by atoms with Gasteiger partial charge in [0.15, 0.2) is 11.5 Å². The van der Waals surface area contributed by atoms with Crippen LogP contribution in [0, 0.1) is 0 Å². The number of nitrogens with one attached hydrogen (secondary N) is 1. The average Bonchev–Trinajstić information content (AvgIpc) is 3.00. The van der Waals surface area contributed by atoms with Gasteiger partial charge in [0, 0.05) is 6.42 Å². The number of carbonyl (C=O) groups is 1. The molecule has 0 saturated heterocycles. The third kappa shape index (κ3) is 4.07. The van der Waals surface area contributed by atoms with Crippen LogP contribution in [0.15, 0.2) is 59.2 Å². The number of rotatable bonds is 6. The molecule has 1 heterocycles. The molecule has 5 heteroatoms. The maximum Gasteiger partial charge on any atom is 0.275 e. The molecule has 0 fully saturated rings. The third-order valence-electron chi connectivity index (χ3n) is 3.95. The highest BCUT2D eigenvalue weighted by atomic mass is 16.5. The van der Waals surface area contributed by atoms with E-state index in [-0.39, 0.29) is 5.91 Å². The van der Waals surface area contributed by atoms with Crippen molar-refractivity contribution >= 4 is 17.8 Å². The Labute approximate surface area is 147 Å². The molecule has 3 rings (SSSR count). The van der Waals surface area contributed by atoms with Crippen LogP contribution in [0.5, 0.6) is 11.5 Å². The van der Waals surface area contributed by atoms with Gasteiger partial charge in [0.1, 0.15) is 11.5 Å². The Bertz CT molecular complexity index is 826. The van der Waals surface area contributed by atoms with Gasteiger partial charge in [0.25, 0.3) is 5.91 Å². The first-order valence-corrected chi connectivity index (χ1v) is 8.06. The van der Waals surface area contributed by atoms with E-state index in [1.807, 2.05) is 30.3 Å². The molecule has 0 spiro atoms.